The molecule has 1 aliphatic carbocycles. The molecule has 0 spiro atoms. The van der Waals surface area contributed by atoms with Crippen molar-refractivity contribution in [3.63, 3.8) is 0 Å². The number of allylic oxidation sites excluding steroid dienone is 2. The van der Waals surface area contributed by atoms with Gasteiger partial charge in [0.05, 0.1) is 16.8 Å². The molecule has 0 N–H and O–H groups in total. The molecule has 0 atom stereocenters. The molecule has 2 heterocycles. The predicted molar refractivity (Wildman–Crippen MR) is 90.9 cm³/mol. The third-order valence-electron chi connectivity index (χ3n) is 4.11. The molecule has 0 aliphatic heterocycles. The van der Waals surface area contributed by atoms with E-state index in [1.807, 2.05) is 53.2 Å². The van der Waals surface area contributed by atoms with Crippen LogP contribution < -0.4 is 0 Å². The Morgan fingerprint density at radius 1 is 0.917 bits per heavy atom. The van der Waals surface area contributed by atoms with Crippen LogP contribution in [0.1, 0.15) is 32.1 Å². The molecular weight excluding hydrogens is 300 g/mol. The van der Waals surface area contributed by atoms with Crippen molar-refractivity contribution in [2.75, 3.05) is 0 Å². The van der Waals surface area contributed by atoms with Crippen molar-refractivity contribution >= 4 is 17.1 Å². The molecule has 4 nitrogen and oxygen atoms in total. The van der Waals surface area contributed by atoms with Crippen LogP contribution >= 0.6 is 0 Å². The van der Waals surface area contributed by atoms with E-state index in [0.717, 1.165) is 11.3 Å². The molecule has 24 heavy (non-hydrogen) atoms. The van der Waals surface area contributed by atoms with Crippen molar-refractivity contribution in [1.29, 1.82) is 0 Å². The van der Waals surface area contributed by atoms with Gasteiger partial charge in [-0.2, -0.15) is 0 Å². The Kier molecular flexibility index (Phi) is 3.43. The highest BCUT2D eigenvalue weighted by molar-refractivity contribution is 6.38. The fourth-order valence-corrected chi connectivity index (χ4v) is 2.96. The number of hydrogen-bond donors (Lipinski definition) is 0. The first-order valence-electron chi connectivity index (χ1n) is 7.69. The first-order valence-corrected chi connectivity index (χ1v) is 7.69. The van der Waals surface area contributed by atoms with Crippen LogP contribution in [0.5, 0.6) is 0 Å². The van der Waals surface area contributed by atoms with Crippen LogP contribution in [0.15, 0.2) is 73.1 Å². The van der Waals surface area contributed by atoms with Crippen molar-refractivity contribution < 1.29 is 9.59 Å². The molecule has 0 radical (unpaired) electrons. The number of hydrogen-bond acceptors (Lipinski definition) is 3. The SMILES string of the molecule is O=C1C(c2cccn2Cc2ccccc2)=CC(=O)c2ncccc21. The molecule has 1 aromatic carbocycles. The summed E-state index contributed by atoms with van der Waals surface area (Å²) < 4.78 is 1.98. The van der Waals surface area contributed by atoms with Gasteiger partial charge in [0, 0.05) is 25.0 Å². The highest BCUT2D eigenvalue weighted by atomic mass is 16.1. The van der Waals surface area contributed by atoms with Gasteiger partial charge in [-0.05, 0) is 29.8 Å². The normalized spacial score (nSPS) is 13.6. The van der Waals surface area contributed by atoms with Crippen molar-refractivity contribution in [1.82, 2.24) is 9.55 Å². The molecule has 3 aromatic rings. The van der Waals surface area contributed by atoms with E-state index in [4.69, 9.17) is 0 Å². The summed E-state index contributed by atoms with van der Waals surface area (Å²) in [6, 6.07) is 17.1. The van der Waals surface area contributed by atoms with Crippen molar-refractivity contribution in [3.8, 4) is 0 Å². The summed E-state index contributed by atoms with van der Waals surface area (Å²) in [6.07, 6.45) is 4.84. The van der Waals surface area contributed by atoms with Crippen LogP contribution in [0, 0.1) is 0 Å². The van der Waals surface area contributed by atoms with Gasteiger partial charge in [0.1, 0.15) is 5.69 Å². The van der Waals surface area contributed by atoms with Gasteiger partial charge in [0.25, 0.3) is 0 Å². The minimum atomic E-state index is -0.229. The third-order valence-corrected chi connectivity index (χ3v) is 4.11. The van der Waals surface area contributed by atoms with Crippen LogP contribution in [-0.2, 0) is 6.54 Å². The molecule has 116 valence electrons. The fraction of sp³-hybridized carbons (Fsp3) is 0.0500. The predicted octanol–water partition coefficient (Wildman–Crippen LogP) is 3.39. The van der Waals surface area contributed by atoms with Crippen molar-refractivity contribution in [2.45, 2.75) is 6.54 Å². The lowest BCUT2D eigenvalue weighted by Gasteiger charge is -2.16. The zero-order chi connectivity index (χ0) is 16.5. The van der Waals surface area contributed by atoms with Gasteiger partial charge in [0.15, 0.2) is 5.78 Å². The number of pyridine rings is 1. The standard InChI is InChI=1S/C20H14N2O2/c23-18-12-16(20(24)15-8-4-10-21-19(15)18)17-9-5-11-22(17)13-14-6-2-1-3-7-14/h1-12H,13H2. The van der Waals surface area contributed by atoms with E-state index in [-0.39, 0.29) is 17.3 Å². The number of Topliss-reactive ketones (excluding diaryl/α,β-unsaturated/α-hetero) is 1. The van der Waals surface area contributed by atoms with E-state index in [9.17, 15) is 9.59 Å². The molecule has 0 bridgehead atoms. The Morgan fingerprint density at radius 3 is 2.58 bits per heavy atom. The van der Waals surface area contributed by atoms with Gasteiger partial charge < -0.3 is 4.57 Å². The molecule has 1 aliphatic rings. The summed E-state index contributed by atoms with van der Waals surface area (Å²) in [6.45, 7) is 0.641. The second-order valence-electron chi connectivity index (χ2n) is 5.66. The van der Waals surface area contributed by atoms with Gasteiger partial charge in [-0.25, -0.2) is 0 Å². The molecule has 0 unspecified atom stereocenters. The Hall–Kier alpha value is -3.27. The van der Waals surface area contributed by atoms with E-state index in [2.05, 4.69) is 4.98 Å². The number of nitrogens with zero attached hydrogens (tertiary/aromatic N) is 2. The minimum Gasteiger partial charge on any atom is -0.343 e. The van der Waals surface area contributed by atoms with Gasteiger partial charge in [0.2, 0.25) is 5.78 Å². The quantitative estimate of drug-likeness (QED) is 0.744. The molecule has 0 fully saturated rings. The van der Waals surface area contributed by atoms with Crippen LogP contribution in [0.25, 0.3) is 5.57 Å². The molecular formula is C20H14N2O2. The number of ketones is 2. The summed E-state index contributed by atoms with van der Waals surface area (Å²) in [5.74, 6) is -0.390. The molecule has 4 heteroatoms. The highest BCUT2D eigenvalue weighted by Gasteiger charge is 2.28. The summed E-state index contributed by atoms with van der Waals surface area (Å²) in [7, 11) is 0. The molecule has 4 rings (SSSR count). The zero-order valence-electron chi connectivity index (χ0n) is 12.8. The largest absolute Gasteiger partial charge is 0.343 e. The van der Waals surface area contributed by atoms with Crippen LogP contribution in [0.3, 0.4) is 0 Å². The Labute approximate surface area is 139 Å². The van der Waals surface area contributed by atoms with E-state index in [1.165, 1.54) is 12.3 Å². The van der Waals surface area contributed by atoms with E-state index >= 15 is 0 Å². The third kappa shape index (κ3) is 2.38. The van der Waals surface area contributed by atoms with Crippen LogP contribution in [0.4, 0.5) is 0 Å². The minimum absolute atomic E-state index is 0.161. The van der Waals surface area contributed by atoms with Gasteiger partial charge >= 0.3 is 0 Å². The fourth-order valence-electron chi connectivity index (χ4n) is 2.96. The smallest absolute Gasteiger partial charge is 0.205 e. The maximum atomic E-state index is 12.8. The summed E-state index contributed by atoms with van der Waals surface area (Å²) in [4.78, 5) is 29.1. The number of aromatic nitrogens is 2. The average Bonchev–Trinajstić information content (AvgIpc) is 3.07. The van der Waals surface area contributed by atoms with E-state index in [0.29, 0.717) is 17.7 Å². The van der Waals surface area contributed by atoms with E-state index in [1.54, 1.807) is 12.1 Å². The lowest BCUT2D eigenvalue weighted by Crippen LogP contribution is -2.19. The maximum Gasteiger partial charge on any atom is 0.205 e. The van der Waals surface area contributed by atoms with Gasteiger partial charge in [-0.1, -0.05) is 30.3 Å². The van der Waals surface area contributed by atoms with E-state index < -0.39 is 0 Å². The molecule has 2 aromatic heterocycles. The Bertz CT molecular complexity index is 968. The second-order valence-corrected chi connectivity index (χ2v) is 5.66. The number of benzene rings is 1. The number of carbonyl (C=O) groups excluding carboxylic acids is 2. The lowest BCUT2D eigenvalue weighted by atomic mass is 9.91. The van der Waals surface area contributed by atoms with Crippen molar-refractivity contribution in [3.05, 3.63) is 95.6 Å². The van der Waals surface area contributed by atoms with Crippen LogP contribution in [0.2, 0.25) is 0 Å². The highest BCUT2D eigenvalue weighted by Crippen LogP contribution is 2.27. The van der Waals surface area contributed by atoms with Gasteiger partial charge in [-0.3, -0.25) is 14.6 Å². The topological polar surface area (TPSA) is 52.0 Å². The summed E-state index contributed by atoms with van der Waals surface area (Å²) in [5.41, 5.74) is 2.89. The first-order chi connectivity index (χ1) is 11.7. The first kappa shape index (κ1) is 14.3. The zero-order valence-corrected chi connectivity index (χ0v) is 12.8. The van der Waals surface area contributed by atoms with Crippen molar-refractivity contribution in [2.24, 2.45) is 0 Å². The summed E-state index contributed by atoms with van der Waals surface area (Å²) in [5, 5.41) is 0. The van der Waals surface area contributed by atoms with Gasteiger partial charge in [-0.15, -0.1) is 0 Å². The van der Waals surface area contributed by atoms with Crippen LogP contribution in [-0.4, -0.2) is 21.1 Å². The second kappa shape index (κ2) is 5.74. The Balaban J connectivity index is 1.75. The molecule has 0 saturated carbocycles. The lowest BCUT2D eigenvalue weighted by molar-refractivity contribution is 0.0997. The number of carbonyl (C=O) groups is 2. The number of rotatable bonds is 3. The average molecular weight is 314 g/mol. The monoisotopic (exact) mass is 314 g/mol. The molecule has 0 amide bonds. The summed E-state index contributed by atoms with van der Waals surface area (Å²) >= 11 is 0. The number of fused-ring (bicyclic) bond motifs is 1. The molecule has 0 saturated heterocycles. The maximum absolute atomic E-state index is 12.8. The Morgan fingerprint density at radius 2 is 1.75 bits per heavy atom.